The van der Waals surface area contributed by atoms with Crippen molar-refractivity contribution in [1.29, 1.82) is 0 Å². The van der Waals surface area contributed by atoms with Gasteiger partial charge in [0.1, 0.15) is 5.75 Å². The molecule has 3 heteroatoms. The van der Waals surface area contributed by atoms with Gasteiger partial charge in [0.05, 0.1) is 6.10 Å². The maximum Gasteiger partial charge on any atom is 0.189 e. The van der Waals surface area contributed by atoms with E-state index in [-0.39, 0.29) is 0 Å². The number of alkyl halides is 1. The zero-order chi connectivity index (χ0) is 15.8. The summed E-state index contributed by atoms with van der Waals surface area (Å²) in [7, 11) is 0. The molecule has 0 N–H and O–H groups in total. The van der Waals surface area contributed by atoms with Crippen molar-refractivity contribution in [2.75, 3.05) is 6.79 Å². The lowest BCUT2D eigenvalue weighted by atomic mass is 9.55. The van der Waals surface area contributed by atoms with Crippen molar-refractivity contribution >= 4 is 22.6 Å². The summed E-state index contributed by atoms with van der Waals surface area (Å²) >= 11 is 2.50. The summed E-state index contributed by atoms with van der Waals surface area (Å²) in [5.41, 5.74) is 1.38. The predicted molar refractivity (Wildman–Crippen MR) is 101 cm³/mol. The van der Waals surface area contributed by atoms with Crippen LogP contribution >= 0.6 is 22.6 Å². The van der Waals surface area contributed by atoms with E-state index in [9.17, 15) is 0 Å². The maximum absolute atomic E-state index is 6.20. The molecule has 2 nitrogen and oxygen atoms in total. The fourth-order valence-electron chi connectivity index (χ4n) is 5.34. The number of benzene rings is 1. The lowest BCUT2D eigenvalue weighted by Gasteiger charge is -2.53. The van der Waals surface area contributed by atoms with E-state index in [2.05, 4.69) is 53.8 Å². The average Bonchev–Trinajstić information content (AvgIpc) is 2.56. The predicted octanol–water partition coefficient (Wildman–Crippen LogP) is 5.75. The Morgan fingerprint density at radius 1 is 1.00 bits per heavy atom. The van der Waals surface area contributed by atoms with Crippen LogP contribution in [-0.2, 0) is 4.74 Å². The monoisotopic (exact) mass is 426 g/mol. The van der Waals surface area contributed by atoms with Gasteiger partial charge in [-0.05, 0) is 79.9 Å². The van der Waals surface area contributed by atoms with E-state index < -0.39 is 0 Å². The fourth-order valence-corrected chi connectivity index (χ4v) is 5.75. The molecule has 4 bridgehead atoms. The quantitative estimate of drug-likeness (QED) is 0.328. The summed E-state index contributed by atoms with van der Waals surface area (Å²) in [5.74, 6) is 4.55. The van der Waals surface area contributed by atoms with Crippen LogP contribution in [0, 0.1) is 23.7 Å². The van der Waals surface area contributed by atoms with Gasteiger partial charge in [0.2, 0.25) is 0 Å². The van der Waals surface area contributed by atoms with E-state index in [1.807, 2.05) is 0 Å². The van der Waals surface area contributed by atoms with Crippen LogP contribution in [0.2, 0.25) is 0 Å². The summed E-state index contributed by atoms with van der Waals surface area (Å²) in [6, 6.07) is 8.52. The highest BCUT2D eigenvalue weighted by molar-refractivity contribution is 14.1. The normalized spacial score (nSPS) is 36.2. The molecule has 4 saturated carbocycles. The van der Waals surface area contributed by atoms with Crippen LogP contribution in [0.5, 0.6) is 5.75 Å². The third kappa shape index (κ3) is 3.41. The molecule has 0 aromatic heterocycles. The van der Waals surface area contributed by atoms with Gasteiger partial charge in [-0.15, -0.1) is 0 Å². The Morgan fingerprint density at radius 2 is 1.61 bits per heavy atom. The topological polar surface area (TPSA) is 18.5 Å². The molecule has 1 unspecified atom stereocenters. The summed E-state index contributed by atoms with van der Waals surface area (Å²) in [6.07, 6.45) is 8.73. The number of ether oxygens (including phenoxy) is 2. The minimum Gasteiger partial charge on any atom is -0.468 e. The van der Waals surface area contributed by atoms with Gasteiger partial charge in [-0.3, -0.25) is 0 Å². The lowest BCUT2D eigenvalue weighted by Crippen LogP contribution is -2.49. The molecule has 0 aliphatic heterocycles. The molecule has 0 spiro atoms. The Bertz CT molecular complexity index is 499. The highest BCUT2D eigenvalue weighted by Crippen LogP contribution is 2.54. The highest BCUT2D eigenvalue weighted by Gasteiger charge is 2.48. The minimum absolute atomic E-state index is 0.411. The van der Waals surface area contributed by atoms with Gasteiger partial charge in [-0.2, -0.15) is 0 Å². The number of hydrogen-bond acceptors (Lipinski definition) is 2. The molecule has 0 radical (unpaired) electrons. The number of rotatable bonds is 6. The smallest absolute Gasteiger partial charge is 0.189 e. The molecule has 1 atom stereocenters. The highest BCUT2D eigenvalue weighted by atomic mass is 127. The van der Waals surface area contributed by atoms with Crippen LogP contribution in [0.1, 0.15) is 54.9 Å². The fraction of sp³-hybridized carbons (Fsp3) is 0.700. The van der Waals surface area contributed by atoms with Crippen LogP contribution in [0.3, 0.4) is 0 Å². The van der Waals surface area contributed by atoms with Gasteiger partial charge < -0.3 is 9.47 Å². The van der Waals surface area contributed by atoms with Crippen molar-refractivity contribution < 1.29 is 9.47 Å². The zero-order valence-corrected chi connectivity index (χ0v) is 16.1. The standard InChI is InChI=1S/C20H27IO2/c1-2-19(21)15-3-5-18(6-4-15)22-12-23-20-16-8-13-7-14(10-16)11-17(20)9-13/h3-6,13-14,16-17,19-20H,2,7-12H2,1H3. The van der Waals surface area contributed by atoms with E-state index in [0.29, 0.717) is 16.8 Å². The summed E-state index contributed by atoms with van der Waals surface area (Å²) in [4.78, 5) is 0. The molecule has 4 aliphatic carbocycles. The summed E-state index contributed by atoms with van der Waals surface area (Å²) in [6.45, 7) is 2.63. The van der Waals surface area contributed by atoms with Crippen molar-refractivity contribution in [2.24, 2.45) is 23.7 Å². The number of hydrogen-bond donors (Lipinski definition) is 0. The lowest BCUT2D eigenvalue weighted by molar-refractivity contribution is -0.155. The largest absolute Gasteiger partial charge is 0.468 e. The molecule has 0 amide bonds. The summed E-state index contributed by atoms with van der Waals surface area (Å²) in [5, 5.41) is 0. The second-order valence-corrected chi connectivity index (χ2v) is 9.27. The Morgan fingerprint density at radius 3 is 2.17 bits per heavy atom. The van der Waals surface area contributed by atoms with Crippen molar-refractivity contribution in [2.45, 2.75) is 55.5 Å². The first-order valence-corrected chi connectivity index (χ1v) is 10.5. The van der Waals surface area contributed by atoms with Crippen molar-refractivity contribution in [3.8, 4) is 5.75 Å². The van der Waals surface area contributed by atoms with Gasteiger partial charge in [0.25, 0.3) is 0 Å². The Balaban J connectivity index is 1.29. The van der Waals surface area contributed by atoms with Gasteiger partial charge in [-0.25, -0.2) is 0 Å². The Hall–Kier alpha value is -0.290. The summed E-state index contributed by atoms with van der Waals surface area (Å²) < 4.78 is 12.6. The second kappa shape index (κ2) is 6.91. The van der Waals surface area contributed by atoms with Crippen LogP contribution in [-0.4, -0.2) is 12.9 Å². The van der Waals surface area contributed by atoms with E-state index in [4.69, 9.17) is 9.47 Å². The molecule has 4 aliphatic rings. The van der Waals surface area contributed by atoms with Crippen molar-refractivity contribution in [3.05, 3.63) is 29.8 Å². The van der Waals surface area contributed by atoms with Gasteiger partial charge in [-0.1, -0.05) is 41.6 Å². The Kier molecular flexibility index (Phi) is 4.86. The van der Waals surface area contributed by atoms with Gasteiger partial charge >= 0.3 is 0 Å². The molecule has 23 heavy (non-hydrogen) atoms. The van der Waals surface area contributed by atoms with Crippen LogP contribution in [0.25, 0.3) is 0 Å². The molecular formula is C20H27IO2. The average molecular weight is 426 g/mol. The Labute approximate surface area is 153 Å². The SMILES string of the molecule is CCC(I)c1ccc(OCOC2C3CC4CC(C3)CC2C4)cc1. The van der Waals surface area contributed by atoms with E-state index >= 15 is 0 Å². The number of halogens is 1. The molecule has 5 rings (SSSR count). The van der Waals surface area contributed by atoms with Crippen LogP contribution in [0.4, 0.5) is 0 Å². The van der Waals surface area contributed by atoms with Crippen LogP contribution < -0.4 is 4.74 Å². The maximum atomic E-state index is 6.20. The first-order chi connectivity index (χ1) is 11.2. The van der Waals surface area contributed by atoms with Crippen molar-refractivity contribution in [3.63, 3.8) is 0 Å². The second-order valence-electron chi connectivity index (χ2n) is 7.77. The molecule has 1 aromatic carbocycles. The molecule has 1 aromatic rings. The van der Waals surface area contributed by atoms with Gasteiger partial charge in [0.15, 0.2) is 6.79 Å². The molecule has 0 heterocycles. The van der Waals surface area contributed by atoms with E-state index in [1.165, 1.54) is 37.7 Å². The molecular weight excluding hydrogens is 399 g/mol. The van der Waals surface area contributed by atoms with Crippen LogP contribution in [0.15, 0.2) is 24.3 Å². The van der Waals surface area contributed by atoms with Crippen molar-refractivity contribution in [1.82, 2.24) is 0 Å². The minimum atomic E-state index is 0.411. The first kappa shape index (κ1) is 16.2. The third-order valence-electron chi connectivity index (χ3n) is 6.23. The van der Waals surface area contributed by atoms with E-state index in [1.54, 1.807) is 0 Å². The molecule has 4 fully saturated rings. The molecule has 126 valence electrons. The molecule has 0 saturated heterocycles. The van der Waals surface area contributed by atoms with Gasteiger partial charge in [0, 0.05) is 3.92 Å². The first-order valence-electron chi connectivity index (χ1n) is 9.21. The zero-order valence-electron chi connectivity index (χ0n) is 13.9. The van der Waals surface area contributed by atoms with E-state index in [0.717, 1.165) is 35.8 Å². The third-order valence-corrected chi connectivity index (χ3v) is 7.83.